The molecule has 1 saturated carbocycles. The fourth-order valence-corrected chi connectivity index (χ4v) is 6.18. The summed E-state index contributed by atoms with van der Waals surface area (Å²) < 4.78 is 34.4. The van der Waals surface area contributed by atoms with E-state index in [4.69, 9.17) is 16.3 Å². The summed E-state index contributed by atoms with van der Waals surface area (Å²) in [6, 6.07) is 14.6. The highest BCUT2D eigenvalue weighted by atomic mass is 35.5. The molecule has 0 spiro atoms. The maximum absolute atomic E-state index is 13.0. The van der Waals surface area contributed by atoms with Crippen LogP contribution in [0.25, 0.3) is 0 Å². The Kier molecular flexibility index (Phi) is 7.06. The van der Waals surface area contributed by atoms with Gasteiger partial charge in [-0.05, 0) is 49.2 Å². The number of sulfonamides is 1. The minimum Gasteiger partial charge on any atom is -0.495 e. The molecule has 2 aliphatic rings. The van der Waals surface area contributed by atoms with E-state index in [0.29, 0.717) is 5.02 Å². The van der Waals surface area contributed by atoms with Gasteiger partial charge in [-0.2, -0.15) is 0 Å². The average molecular weight is 464 g/mol. The minimum atomic E-state index is -3.57. The van der Waals surface area contributed by atoms with E-state index >= 15 is 0 Å². The zero-order valence-electron chi connectivity index (χ0n) is 17.8. The summed E-state index contributed by atoms with van der Waals surface area (Å²) in [5.41, 5.74) is 1.12. The average Bonchev–Trinajstić information content (AvgIpc) is 2.79. The number of ether oxygens (including phenoxy) is 1. The van der Waals surface area contributed by atoms with Gasteiger partial charge in [0, 0.05) is 43.3 Å². The number of hydrogen-bond acceptors (Lipinski definition) is 5. The summed E-state index contributed by atoms with van der Waals surface area (Å²) in [5.74, 6) is 0.891. The maximum Gasteiger partial charge on any atom is 0.240 e. The van der Waals surface area contributed by atoms with Crippen LogP contribution in [0, 0.1) is 0 Å². The summed E-state index contributed by atoms with van der Waals surface area (Å²) in [4.78, 5) is 5.08. The van der Waals surface area contributed by atoms with E-state index in [2.05, 4.69) is 20.6 Å². The van der Waals surface area contributed by atoms with Crippen LogP contribution < -0.4 is 14.4 Å². The van der Waals surface area contributed by atoms with Gasteiger partial charge in [0.2, 0.25) is 10.0 Å². The first kappa shape index (κ1) is 22.4. The van der Waals surface area contributed by atoms with Crippen LogP contribution in [0.4, 0.5) is 5.69 Å². The first-order chi connectivity index (χ1) is 15.0. The van der Waals surface area contributed by atoms with Crippen LogP contribution in [0.5, 0.6) is 5.75 Å². The van der Waals surface area contributed by atoms with E-state index in [1.807, 2.05) is 18.2 Å². The minimum absolute atomic E-state index is 0.0766. The van der Waals surface area contributed by atoms with E-state index in [1.165, 1.54) is 0 Å². The molecule has 0 amide bonds. The first-order valence-corrected chi connectivity index (χ1v) is 12.7. The predicted molar refractivity (Wildman–Crippen MR) is 125 cm³/mol. The Morgan fingerprint density at radius 2 is 1.65 bits per heavy atom. The number of methoxy groups -OCH3 is 1. The number of hydrogen-bond donors (Lipinski definition) is 1. The van der Waals surface area contributed by atoms with Gasteiger partial charge < -0.3 is 9.64 Å². The SMILES string of the molecule is COc1ccccc1N1CCN([C@H]2CCCC[C@@H]2NS(=O)(=O)c2ccc(Cl)cc2)CC1. The molecule has 2 aromatic rings. The van der Waals surface area contributed by atoms with Gasteiger partial charge in [-0.3, -0.25) is 4.90 Å². The van der Waals surface area contributed by atoms with Gasteiger partial charge in [-0.25, -0.2) is 13.1 Å². The van der Waals surface area contributed by atoms with Crippen molar-refractivity contribution in [2.45, 2.75) is 42.7 Å². The number of para-hydroxylation sites is 2. The molecule has 2 atom stereocenters. The van der Waals surface area contributed by atoms with Crippen LogP contribution in [-0.2, 0) is 10.0 Å². The van der Waals surface area contributed by atoms with E-state index in [9.17, 15) is 8.42 Å². The van der Waals surface area contributed by atoms with Gasteiger partial charge in [0.05, 0.1) is 17.7 Å². The Morgan fingerprint density at radius 3 is 2.35 bits per heavy atom. The molecule has 1 aliphatic heterocycles. The predicted octanol–water partition coefficient (Wildman–Crippen LogP) is 3.76. The van der Waals surface area contributed by atoms with Crippen LogP contribution in [0.1, 0.15) is 25.7 Å². The molecule has 31 heavy (non-hydrogen) atoms. The van der Waals surface area contributed by atoms with Gasteiger partial charge in [0.15, 0.2) is 0 Å². The number of nitrogens with zero attached hydrogens (tertiary/aromatic N) is 2. The summed E-state index contributed by atoms with van der Waals surface area (Å²) in [6.07, 6.45) is 4.06. The van der Waals surface area contributed by atoms with Gasteiger partial charge in [-0.1, -0.05) is 36.6 Å². The van der Waals surface area contributed by atoms with Crippen LogP contribution in [-0.4, -0.2) is 58.7 Å². The van der Waals surface area contributed by atoms with Crippen molar-refractivity contribution in [1.82, 2.24) is 9.62 Å². The molecule has 168 valence electrons. The van der Waals surface area contributed by atoms with Crippen LogP contribution >= 0.6 is 11.6 Å². The zero-order valence-corrected chi connectivity index (χ0v) is 19.4. The largest absolute Gasteiger partial charge is 0.495 e. The van der Waals surface area contributed by atoms with E-state index < -0.39 is 10.0 Å². The molecule has 6 nitrogen and oxygen atoms in total. The van der Waals surface area contributed by atoms with E-state index in [1.54, 1.807) is 31.4 Å². The first-order valence-electron chi connectivity index (χ1n) is 10.9. The fourth-order valence-electron chi connectivity index (χ4n) is 4.75. The van der Waals surface area contributed by atoms with Crippen LogP contribution in [0.3, 0.4) is 0 Å². The van der Waals surface area contributed by atoms with Gasteiger partial charge >= 0.3 is 0 Å². The van der Waals surface area contributed by atoms with Crippen molar-refractivity contribution < 1.29 is 13.2 Å². The summed E-state index contributed by atoms with van der Waals surface area (Å²) in [7, 11) is -1.87. The second-order valence-corrected chi connectivity index (χ2v) is 10.4. The lowest BCUT2D eigenvalue weighted by Crippen LogP contribution is -2.58. The molecule has 1 heterocycles. The second-order valence-electron chi connectivity index (χ2n) is 8.23. The van der Waals surface area contributed by atoms with Crippen molar-refractivity contribution in [3.8, 4) is 5.75 Å². The monoisotopic (exact) mass is 463 g/mol. The molecule has 8 heteroatoms. The highest BCUT2D eigenvalue weighted by Crippen LogP contribution is 2.30. The Labute approximate surface area is 190 Å². The third-order valence-corrected chi connectivity index (χ3v) is 8.13. The van der Waals surface area contributed by atoms with Crippen molar-refractivity contribution in [2.24, 2.45) is 0 Å². The van der Waals surface area contributed by atoms with Crippen LogP contribution in [0.15, 0.2) is 53.4 Å². The highest BCUT2D eigenvalue weighted by molar-refractivity contribution is 7.89. The molecule has 0 aromatic heterocycles. The molecular weight excluding hydrogens is 434 g/mol. The molecule has 0 radical (unpaired) electrons. The summed E-state index contributed by atoms with van der Waals surface area (Å²) in [5, 5.41) is 0.530. The number of halogens is 1. The molecular formula is C23H30ClN3O3S. The van der Waals surface area contributed by atoms with Gasteiger partial charge in [0.1, 0.15) is 5.75 Å². The molecule has 0 unspecified atom stereocenters. The van der Waals surface area contributed by atoms with Crippen molar-refractivity contribution >= 4 is 27.3 Å². The molecule has 4 rings (SSSR count). The summed E-state index contributed by atoms with van der Waals surface area (Å²) >= 11 is 5.92. The zero-order chi connectivity index (χ0) is 21.8. The number of benzene rings is 2. The Hall–Kier alpha value is -1.80. The van der Waals surface area contributed by atoms with Crippen molar-refractivity contribution in [3.63, 3.8) is 0 Å². The highest BCUT2D eigenvalue weighted by Gasteiger charge is 2.35. The number of nitrogens with one attached hydrogen (secondary N) is 1. The molecule has 1 aliphatic carbocycles. The van der Waals surface area contributed by atoms with Gasteiger partial charge in [0.25, 0.3) is 0 Å². The lowest BCUT2D eigenvalue weighted by molar-refractivity contribution is 0.124. The third kappa shape index (κ3) is 5.17. The van der Waals surface area contributed by atoms with Crippen molar-refractivity contribution in [2.75, 3.05) is 38.2 Å². The number of piperazine rings is 1. The number of anilines is 1. The molecule has 2 aromatic carbocycles. The van der Waals surface area contributed by atoms with Crippen LogP contribution in [0.2, 0.25) is 5.02 Å². The van der Waals surface area contributed by atoms with Gasteiger partial charge in [-0.15, -0.1) is 0 Å². The molecule has 1 saturated heterocycles. The second kappa shape index (κ2) is 9.77. The standard InChI is InChI=1S/C23H30ClN3O3S/c1-30-23-9-5-4-8-22(23)27-16-14-26(15-17-27)21-7-3-2-6-20(21)25-31(28,29)19-12-10-18(24)11-13-19/h4-5,8-13,20-21,25H,2-3,6-7,14-17H2,1H3/t20-,21-/m0/s1. The smallest absolute Gasteiger partial charge is 0.240 e. The quantitative estimate of drug-likeness (QED) is 0.706. The fraction of sp³-hybridized carbons (Fsp3) is 0.478. The molecule has 1 N–H and O–H groups in total. The van der Waals surface area contributed by atoms with Crippen molar-refractivity contribution in [3.05, 3.63) is 53.6 Å². The van der Waals surface area contributed by atoms with Crippen molar-refractivity contribution in [1.29, 1.82) is 0 Å². The summed E-state index contributed by atoms with van der Waals surface area (Å²) in [6.45, 7) is 3.60. The molecule has 0 bridgehead atoms. The van der Waals surface area contributed by atoms with E-state index in [-0.39, 0.29) is 17.0 Å². The number of rotatable bonds is 6. The normalized spacial score (nSPS) is 23.0. The lowest BCUT2D eigenvalue weighted by Gasteiger charge is -2.44. The molecule has 2 fully saturated rings. The Balaban J connectivity index is 1.43. The Morgan fingerprint density at radius 1 is 0.968 bits per heavy atom. The third-order valence-electron chi connectivity index (χ3n) is 6.37. The van der Waals surface area contributed by atoms with E-state index in [0.717, 1.165) is 63.3 Å². The Bertz CT molecular complexity index is 976. The lowest BCUT2D eigenvalue weighted by atomic mass is 9.89. The maximum atomic E-state index is 13.0. The topological polar surface area (TPSA) is 61.9 Å².